The van der Waals surface area contributed by atoms with Crippen LogP contribution in [0.3, 0.4) is 0 Å². The zero-order valence-corrected chi connectivity index (χ0v) is 24.9. The molecule has 3 aliphatic rings. The summed E-state index contributed by atoms with van der Waals surface area (Å²) in [5.41, 5.74) is 9.44. The lowest BCUT2D eigenvalue weighted by Gasteiger charge is -2.31. The molecule has 6 rings (SSSR count). The highest BCUT2D eigenvalue weighted by atomic mass is 19.3. The Morgan fingerprint density at radius 1 is 1.07 bits per heavy atom. The van der Waals surface area contributed by atoms with Gasteiger partial charge in [-0.3, -0.25) is 24.3 Å². The number of hydrogen-bond donors (Lipinski definition) is 4. The molecule has 11 heteroatoms. The van der Waals surface area contributed by atoms with E-state index in [9.17, 15) is 27.6 Å². The number of nitrogens with one attached hydrogen (secondary N) is 3. The number of anilines is 1. The van der Waals surface area contributed by atoms with Crippen molar-refractivity contribution in [3.8, 4) is 11.1 Å². The van der Waals surface area contributed by atoms with Crippen LogP contribution in [-0.4, -0.2) is 53.4 Å². The topological polar surface area (TPSA) is 118 Å². The molecule has 0 bridgehead atoms. The fraction of sp³-hybridized carbons (Fsp3) is 0.485. The molecule has 0 spiro atoms. The van der Waals surface area contributed by atoms with E-state index in [0.29, 0.717) is 36.2 Å². The second-order valence-corrected chi connectivity index (χ2v) is 13.5. The molecule has 3 aromatic rings. The van der Waals surface area contributed by atoms with Gasteiger partial charge in [-0.25, -0.2) is 13.2 Å². The predicted molar refractivity (Wildman–Crippen MR) is 162 cm³/mol. The van der Waals surface area contributed by atoms with Gasteiger partial charge in [0.05, 0.1) is 23.7 Å². The van der Waals surface area contributed by atoms with Crippen molar-refractivity contribution < 1.29 is 27.6 Å². The van der Waals surface area contributed by atoms with Crippen molar-refractivity contribution >= 4 is 34.3 Å². The van der Waals surface area contributed by atoms with Gasteiger partial charge in [-0.1, -0.05) is 19.9 Å². The highest BCUT2D eigenvalue weighted by Crippen LogP contribution is 2.44. The second-order valence-electron chi connectivity index (χ2n) is 13.5. The van der Waals surface area contributed by atoms with Crippen molar-refractivity contribution in [2.24, 2.45) is 17.1 Å². The van der Waals surface area contributed by atoms with E-state index in [1.54, 1.807) is 16.7 Å². The third kappa shape index (κ3) is 5.94. The SMILES string of the molecule is CC1(C)CC(=O)n2c(c(-c3ccc(C(N)=O)c(NC4CCC(CNC(=O)C5CC(F)(F)CN5)CC4)c3)c3ccc(F)cc32)C1. The molecule has 8 nitrogen and oxygen atoms in total. The number of nitrogens with zero attached hydrogens (tertiary/aromatic N) is 1. The van der Waals surface area contributed by atoms with Gasteiger partial charge in [0, 0.05) is 47.8 Å². The molecule has 2 aliphatic heterocycles. The number of amides is 2. The molecule has 1 aliphatic carbocycles. The highest BCUT2D eigenvalue weighted by molar-refractivity contribution is 6.06. The molecular formula is C33H38F3N5O3. The van der Waals surface area contributed by atoms with Crippen LogP contribution < -0.4 is 21.7 Å². The summed E-state index contributed by atoms with van der Waals surface area (Å²) in [5.74, 6) is -4.08. The summed E-state index contributed by atoms with van der Waals surface area (Å²) in [6.07, 6.45) is 3.71. The van der Waals surface area contributed by atoms with Gasteiger partial charge in [0.15, 0.2) is 0 Å². The van der Waals surface area contributed by atoms with Crippen LogP contribution in [-0.2, 0) is 11.2 Å². The van der Waals surface area contributed by atoms with Crippen molar-refractivity contribution in [1.29, 1.82) is 0 Å². The summed E-state index contributed by atoms with van der Waals surface area (Å²) in [6, 6.07) is 9.09. The fourth-order valence-electron chi connectivity index (χ4n) is 7.13. The Balaban J connectivity index is 1.21. The van der Waals surface area contributed by atoms with Gasteiger partial charge >= 0.3 is 0 Å². The molecular weight excluding hydrogens is 571 g/mol. The summed E-state index contributed by atoms with van der Waals surface area (Å²) in [7, 11) is 0. The Labute approximate surface area is 253 Å². The van der Waals surface area contributed by atoms with Crippen LogP contribution in [0.2, 0.25) is 0 Å². The average Bonchev–Trinajstić information content (AvgIpc) is 3.47. The number of aromatic nitrogens is 1. The summed E-state index contributed by atoms with van der Waals surface area (Å²) in [5, 5.41) is 9.71. The van der Waals surface area contributed by atoms with Gasteiger partial charge in [-0.05, 0) is 79.3 Å². The Morgan fingerprint density at radius 2 is 1.82 bits per heavy atom. The van der Waals surface area contributed by atoms with Gasteiger partial charge in [0.2, 0.25) is 11.8 Å². The molecule has 0 radical (unpaired) electrons. The second kappa shape index (κ2) is 11.3. The van der Waals surface area contributed by atoms with E-state index in [-0.39, 0.29) is 23.3 Å². The zero-order chi connectivity index (χ0) is 31.4. The number of nitrogens with two attached hydrogens (primary N) is 1. The molecule has 234 valence electrons. The number of halogens is 3. The van der Waals surface area contributed by atoms with E-state index in [4.69, 9.17) is 5.73 Å². The first kappa shape index (κ1) is 30.2. The maximum absolute atomic E-state index is 14.3. The standard InChI is InChI=1S/C33H38F3N5O3/c1-32(2)14-27-29(23-10-6-20(34)12-26(23)41(27)28(42)15-32)19-5-9-22(30(37)43)24(11-19)40-21-7-3-18(4-8-21)16-38-31(44)25-13-33(35,36)17-39-25/h5-6,9-12,18,21,25,39-40H,3-4,7-8,13-17H2,1-2H3,(H2,37,43)(H,38,44). The molecule has 2 aromatic carbocycles. The zero-order valence-electron chi connectivity index (χ0n) is 24.9. The van der Waals surface area contributed by atoms with Crippen LogP contribution in [0, 0.1) is 17.2 Å². The largest absolute Gasteiger partial charge is 0.382 e. The van der Waals surface area contributed by atoms with Crippen molar-refractivity contribution in [3.63, 3.8) is 0 Å². The Bertz CT molecular complexity index is 1640. The molecule has 2 amide bonds. The van der Waals surface area contributed by atoms with Crippen LogP contribution in [0.25, 0.3) is 22.0 Å². The maximum atomic E-state index is 14.3. The number of carbonyl (C=O) groups excluding carboxylic acids is 3. The molecule has 44 heavy (non-hydrogen) atoms. The Morgan fingerprint density at radius 3 is 2.50 bits per heavy atom. The predicted octanol–water partition coefficient (Wildman–Crippen LogP) is 5.24. The number of benzene rings is 2. The lowest BCUT2D eigenvalue weighted by molar-refractivity contribution is -0.123. The van der Waals surface area contributed by atoms with Gasteiger partial charge in [-0.15, -0.1) is 0 Å². The van der Waals surface area contributed by atoms with E-state index in [2.05, 4.69) is 16.0 Å². The molecule has 1 saturated heterocycles. The summed E-state index contributed by atoms with van der Waals surface area (Å²) >= 11 is 0. The van der Waals surface area contributed by atoms with Gasteiger partial charge in [0.1, 0.15) is 5.82 Å². The van der Waals surface area contributed by atoms with Crippen LogP contribution in [0.15, 0.2) is 36.4 Å². The van der Waals surface area contributed by atoms with E-state index in [1.165, 1.54) is 12.1 Å². The summed E-state index contributed by atoms with van der Waals surface area (Å²) in [4.78, 5) is 38.0. The Kier molecular flexibility index (Phi) is 7.72. The third-order valence-electron chi connectivity index (χ3n) is 9.33. The molecule has 1 atom stereocenters. The molecule has 1 aromatic heterocycles. The average molecular weight is 610 g/mol. The smallest absolute Gasteiger partial charge is 0.262 e. The number of fused-ring (bicyclic) bond motifs is 3. The minimum absolute atomic E-state index is 0.0554. The van der Waals surface area contributed by atoms with E-state index < -0.39 is 42.6 Å². The monoisotopic (exact) mass is 609 g/mol. The Hall–Kier alpha value is -3.86. The highest BCUT2D eigenvalue weighted by Gasteiger charge is 2.42. The molecule has 1 unspecified atom stereocenters. The van der Waals surface area contributed by atoms with Gasteiger partial charge < -0.3 is 16.4 Å². The minimum Gasteiger partial charge on any atom is -0.382 e. The number of primary amides is 1. The van der Waals surface area contributed by atoms with E-state index in [1.807, 2.05) is 26.0 Å². The van der Waals surface area contributed by atoms with E-state index in [0.717, 1.165) is 47.9 Å². The van der Waals surface area contributed by atoms with Crippen molar-refractivity contribution in [2.75, 3.05) is 18.4 Å². The molecule has 5 N–H and O–H groups in total. The van der Waals surface area contributed by atoms with Gasteiger partial charge in [-0.2, -0.15) is 0 Å². The van der Waals surface area contributed by atoms with Crippen molar-refractivity contribution in [2.45, 2.75) is 76.8 Å². The van der Waals surface area contributed by atoms with Crippen LogP contribution in [0.4, 0.5) is 18.9 Å². The fourth-order valence-corrected chi connectivity index (χ4v) is 7.13. The van der Waals surface area contributed by atoms with Crippen LogP contribution in [0.5, 0.6) is 0 Å². The maximum Gasteiger partial charge on any atom is 0.262 e. The van der Waals surface area contributed by atoms with E-state index >= 15 is 0 Å². The van der Waals surface area contributed by atoms with Crippen molar-refractivity contribution in [3.05, 3.63) is 53.5 Å². The first-order valence-corrected chi connectivity index (χ1v) is 15.3. The number of alkyl halides is 2. The quantitative estimate of drug-likeness (QED) is 0.292. The minimum atomic E-state index is -2.85. The first-order valence-electron chi connectivity index (χ1n) is 15.3. The number of carbonyl (C=O) groups is 3. The van der Waals surface area contributed by atoms with Crippen LogP contribution >= 0.6 is 0 Å². The number of hydrogen-bond acceptors (Lipinski definition) is 5. The van der Waals surface area contributed by atoms with Crippen LogP contribution in [0.1, 0.15) is 73.2 Å². The van der Waals surface area contributed by atoms with Crippen molar-refractivity contribution in [1.82, 2.24) is 15.2 Å². The lowest BCUT2D eigenvalue weighted by Crippen LogP contribution is -2.43. The van der Waals surface area contributed by atoms with Gasteiger partial charge in [0.25, 0.3) is 11.8 Å². The molecule has 1 saturated carbocycles. The number of rotatable bonds is 7. The lowest BCUT2D eigenvalue weighted by atomic mass is 9.80. The summed E-state index contributed by atoms with van der Waals surface area (Å²) < 4.78 is 42.9. The molecule has 3 heterocycles. The molecule has 2 fully saturated rings. The summed E-state index contributed by atoms with van der Waals surface area (Å²) in [6.45, 7) is 4.05. The normalized spacial score (nSPS) is 24.2. The third-order valence-corrected chi connectivity index (χ3v) is 9.33. The first-order chi connectivity index (χ1) is 20.8.